The molecule has 1 aromatic rings. The molecule has 0 radical (unpaired) electrons. The van der Waals surface area contributed by atoms with Gasteiger partial charge in [-0.2, -0.15) is 0 Å². The third-order valence-corrected chi connectivity index (χ3v) is 2.93. The van der Waals surface area contributed by atoms with Crippen molar-refractivity contribution in [3.05, 3.63) is 29.6 Å². The van der Waals surface area contributed by atoms with Crippen LogP contribution in [-0.4, -0.2) is 42.3 Å². The van der Waals surface area contributed by atoms with Crippen LogP contribution in [0.25, 0.3) is 0 Å². The summed E-state index contributed by atoms with van der Waals surface area (Å²) in [5, 5.41) is 9.04. The molecule has 0 aliphatic heterocycles. The van der Waals surface area contributed by atoms with E-state index in [-0.39, 0.29) is 24.0 Å². The average molecular weight is 463 g/mol. The summed E-state index contributed by atoms with van der Waals surface area (Å²) in [4.78, 5) is 20.4. The molecule has 3 N–H and O–H groups in total. The van der Waals surface area contributed by atoms with Crippen LogP contribution in [0.15, 0.2) is 23.3 Å². The molecule has 7 nitrogen and oxygen atoms in total. The predicted octanol–water partition coefficient (Wildman–Crippen LogP) is 2.59. The first-order valence-electron chi connectivity index (χ1n) is 8.21. The van der Waals surface area contributed by atoms with Gasteiger partial charge in [-0.25, -0.2) is 9.79 Å². The molecule has 0 atom stereocenters. The number of pyridine rings is 1. The number of aliphatic imine (C=N–C) groups is 1. The van der Waals surface area contributed by atoms with Gasteiger partial charge in [0.15, 0.2) is 5.96 Å². The van der Waals surface area contributed by atoms with Crippen molar-refractivity contribution in [2.75, 3.05) is 19.6 Å². The van der Waals surface area contributed by atoms with Crippen molar-refractivity contribution in [1.82, 2.24) is 20.9 Å². The van der Waals surface area contributed by atoms with Crippen molar-refractivity contribution in [3.8, 4) is 0 Å². The third-order valence-electron chi connectivity index (χ3n) is 2.93. The summed E-state index contributed by atoms with van der Waals surface area (Å²) in [5.41, 5.74) is 1.57. The number of rotatable bonds is 6. The number of halogens is 1. The molecule has 0 unspecified atom stereocenters. The normalized spacial score (nSPS) is 11.3. The third kappa shape index (κ3) is 10.8. The van der Waals surface area contributed by atoms with Crippen LogP contribution in [0, 0.1) is 6.92 Å². The van der Waals surface area contributed by atoms with Gasteiger partial charge in [-0.05, 0) is 46.2 Å². The lowest BCUT2D eigenvalue weighted by Gasteiger charge is -2.19. The van der Waals surface area contributed by atoms with Gasteiger partial charge in [0, 0.05) is 25.8 Å². The van der Waals surface area contributed by atoms with Crippen LogP contribution >= 0.6 is 24.0 Å². The van der Waals surface area contributed by atoms with Crippen LogP contribution in [0.3, 0.4) is 0 Å². The molecule has 0 aliphatic rings. The quantitative estimate of drug-likeness (QED) is 0.261. The summed E-state index contributed by atoms with van der Waals surface area (Å²) >= 11 is 0. The molecule has 8 heteroatoms. The van der Waals surface area contributed by atoms with Gasteiger partial charge in [-0.15, -0.1) is 24.0 Å². The number of hydrogen-bond donors (Lipinski definition) is 3. The van der Waals surface area contributed by atoms with Crippen LogP contribution in [-0.2, 0) is 11.3 Å². The number of hydrogen-bond acceptors (Lipinski definition) is 4. The Labute approximate surface area is 167 Å². The Hall–Kier alpha value is -1.58. The minimum absolute atomic E-state index is 0. The predicted molar refractivity (Wildman–Crippen MR) is 111 cm³/mol. The topological polar surface area (TPSA) is 87.6 Å². The highest BCUT2D eigenvalue weighted by Crippen LogP contribution is 2.06. The molecule has 1 heterocycles. The van der Waals surface area contributed by atoms with E-state index in [1.165, 1.54) is 0 Å². The molecule has 0 saturated heterocycles. The smallest absolute Gasteiger partial charge is 0.407 e. The minimum Gasteiger partial charge on any atom is -0.444 e. The maximum Gasteiger partial charge on any atom is 0.407 e. The summed E-state index contributed by atoms with van der Waals surface area (Å²) in [7, 11) is 0. The lowest BCUT2D eigenvalue weighted by atomic mass is 10.2. The Balaban J connectivity index is 0.00000576. The molecular weight excluding hydrogens is 433 g/mol. The van der Waals surface area contributed by atoms with Crippen molar-refractivity contribution in [2.24, 2.45) is 4.99 Å². The lowest BCUT2D eigenvalue weighted by molar-refractivity contribution is 0.0529. The summed E-state index contributed by atoms with van der Waals surface area (Å²) in [5.74, 6) is 0.688. The van der Waals surface area contributed by atoms with E-state index in [2.05, 4.69) is 25.9 Å². The SMILES string of the molecule is CCNC(=NCc1ncccc1C)NCCNC(=O)OC(C)(C)C.I. The number of nitrogens with one attached hydrogen (secondary N) is 3. The van der Waals surface area contributed by atoms with Gasteiger partial charge < -0.3 is 20.7 Å². The molecular formula is C17H30IN5O2. The van der Waals surface area contributed by atoms with Gasteiger partial charge in [-0.1, -0.05) is 6.07 Å². The van der Waals surface area contributed by atoms with E-state index < -0.39 is 11.7 Å². The maximum atomic E-state index is 11.6. The van der Waals surface area contributed by atoms with Crippen LogP contribution in [0.1, 0.15) is 39.0 Å². The van der Waals surface area contributed by atoms with E-state index in [1.54, 1.807) is 6.20 Å². The van der Waals surface area contributed by atoms with Crippen LogP contribution in [0.2, 0.25) is 0 Å². The number of aromatic nitrogens is 1. The average Bonchev–Trinajstić information content (AvgIpc) is 2.48. The minimum atomic E-state index is -0.492. The van der Waals surface area contributed by atoms with Gasteiger partial charge in [0.1, 0.15) is 5.60 Å². The second kappa shape index (κ2) is 11.9. The Morgan fingerprint density at radius 1 is 1.24 bits per heavy atom. The number of guanidine groups is 1. The van der Waals surface area contributed by atoms with Gasteiger partial charge in [0.25, 0.3) is 0 Å². The molecule has 1 aromatic heterocycles. The van der Waals surface area contributed by atoms with Gasteiger partial charge in [0.2, 0.25) is 0 Å². The zero-order chi connectivity index (χ0) is 18.0. The van der Waals surface area contributed by atoms with Crippen molar-refractivity contribution in [3.63, 3.8) is 0 Å². The molecule has 142 valence electrons. The largest absolute Gasteiger partial charge is 0.444 e. The molecule has 1 rings (SSSR count). The number of aryl methyl sites for hydroxylation is 1. The molecule has 0 bridgehead atoms. The Morgan fingerprint density at radius 3 is 2.52 bits per heavy atom. The van der Waals surface area contributed by atoms with Crippen LogP contribution in [0.5, 0.6) is 0 Å². The standard InChI is InChI=1S/C17H29N5O2.HI/c1-6-18-15(22-12-14-13(2)8-7-9-19-14)20-10-11-21-16(23)24-17(3,4)5;/h7-9H,6,10-12H2,1-5H3,(H,21,23)(H2,18,20,22);1H. The highest BCUT2D eigenvalue weighted by Gasteiger charge is 2.15. The first kappa shape index (κ1) is 23.4. The summed E-state index contributed by atoms with van der Waals surface area (Å²) in [6.45, 7) is 11.8. The number of amides is 1. The van der Waals surface area contributed by atoms with Crippen LogP contribution < -0.4 is 16.0 Å². The molecule has 0 fully saturated rings. The molecule has 0 saturated carbocycles. The molecule has 0 aromatic carbocycles. The van der Waals surface area contributed by atoms with Crippen molar-refractivity contribution < 1.29 is 9.53 Å². The fourth-order valence-corrected chi connectivity index (χ4v) is 1.84. The van der Waals surface area contributed by atoms with E-state index in [9.17, 15) is 4.79 Å². The zero-order valence-electron chi connectivity index (χ0n) is 15.7. The first-order chi connectivity index (χ1) is 11.3. The van der Waals surface area contributed by atoms with Crippen molar-refractivity contribution >= 4 is 36.0 Å². The van der Waals surface area contributed by atoms with Gasteiger partial charge in [0.05, 0.1) is 12.2 Å². The monoisotopic (exact) mass is 463 g/mol. The van der Waals surface area contributed by atoms with E-state index in [0.717, 1.165) is 17.8 Å². The second-order valence-electron chi connectivity index (χ2n) is 6.32. The maximum absolute atomic E-state index is 11.6. The van der Waals surface area contributed by atoms with Gasteiger partial charge in [-0.3, -0.25) is 4.98 Å². The highest BCUT2D eigenvalue weighted by molar-refractivity contribution is 14.0. The summed E-state index contributed by atoms with van der Waals surface area (Å²) in [6, 6.07) is 3.93. The zero-order valence-corrected chi connectivity index (χ0v) is 18.0. The number of alkyl carbamates (subject to hydrolysis) is 1. The van der Waals surface area contributed by atoms with Gasteiger partial charge >= 0.3 is 6.09 Å². The highest BCUT2D eigenvalue weighted by atomic mass is 127. The molecule has 0 spiro atoms. The molecule has 0 aliphatic carbocycles. The van der Waals surface area contributed by atoms with E-state index in [0.29, 0.717) is 25.6 Å². The van der Waals surface area contributed by atoms with Crippen LogP contribution in [0.4, 0.5) is 4.79 Å². The van der Waals surface area contributed by atoms with Crippen molar-refractivity contribution in [2.45, 2.75) is 46.8 Å². The fourth-order valence-electron chi connectivity index (χ4n) is 1.84. The van der Waals surface area contributed by atoms with E-state index in [1.807, 2.05) is 46.8 Å². The molecule has 25 heavy (non-hydrogen) atoms. The van der Waals surface area contributed by atoms with Crippen molar-refractivity contribution in [1.29, 1.82) is 0 Å². The lowest BCUT2D eigenvalue weighted by Crippen LogP contribution is -2.42. The Bertz CT molecular complexity index is 558. The Kier molecular flexibility index (Phi) is 11.1. The summed E-state index contributed by atoms with van der Waals surface area (Å²) < 4.78 is 5.18. The second-order valence-corrected chi connectivity index (χ2v) is 6.32. The number of carbonyl (C=O) groups is 1. The Morgan fingerprint density at radius 2 is 1.92 bits per heavy atom. The first-order valence-corrected chi connectivity index (χ1v) is 8.21. The van der Waals surface area contributed by atoms with E-state index >= 15 is 0 Å². The van der Waals surface area contributed by atoms with E-state index in [4.69, 9.17) is 4.74 Å². The fraction of sp³-hybridized carbons (Fsp3) is 0.588. The number of carbonyl (C=O) groups excluding carboxylic acids is 1. The number of nitrogens with zero attached hydrogens (tertiary/aromatic N) is 2. The molecule has 1 amide bonds. The number of ether oxygens (including phenoxy) is 1. The summed E-state index contributed by atoms with van der Waals surface area (Å²) in [6.07, 6.45) is 1.35.